The van der Waals surface area contributed by atoms with Crippen molar-refractivity contribution in [2.24, 2.45) is 0 Å². The van der Waals surface area contributed by atoms with Crippen LogP contribution in [0, 0.1) is 20.8 Å². The van der Waals surface area contributed by atoms with Crippen molar-refractivity contribution in [3.05, 3.63) is 187 Å². The van der Waals surface area contributed by atoms with Crippen LogP contribution in [0.5, 0.6) is 11.5 Å². The van der Waals surface area contributed by atoms with Crippen LogP contribution >= 0.6 is 0 Å². The van der Waals surface area contributed by atoms with Gasteiger partial charge in [0.1, 0.15) is 17.3 Å². The molecule has 0 bridgehead atoms. The van der Waals surface area contributed by atoms with E-state index in [4.69, 9.17) is 24.7 Å². The molecule has 1 aliphatic rings. The highest BCUT2D eigenvalue weighted by atomic mass is 16.5. The van der Waals surface area contributed by atoms with Crippen LogP contribution in [0.2, 0.25) is 0 Å². The smallest absolute Gasteiger partial charge is 0.456 e. The van der Waals surface area contributed by atoms with Gasteiger partial charge in [0.15, 0.2) is 17.5 Å². The van der Waals surface area contributed by atoms with Crippen LogP contribution in [0.3, 0.4) is 0 Å². The molecule has 3 aromatic heterocycles. The fourth-order valence-electron chi connectivity index (χ4n) is 7.50. The lowest BCUT2D eigenvalue weighted by Gasteiger charge is -2.14. The molecule has 0 N–H and O–H groups in total. The summed E-state index contributed by atoms with van der Waals surface area (Å²) in [7, 11) is 0. The SMILES string of the molecule is Cc1cc([N+]2=C=[N+](c3cccc(Oc4cc5c(cc4-c4nc(-c6ccccc6)nc(-c6ccccc6)n4)c4ccccc4n5-c4ccccn4)c3)C=C2)cc(C)c1C. The van der Waals surface area contributed by atoms with Crippen molar-refractivity contribution in [3.63, 3.8) is 0 Å². The summed E-state index contributed by atoms with van der Waals surface area (Å²) in [5.74, 6) is 3.69. The van der Waals surface area contributed by atoms with E-state index in [-0.39, 0.29) is 0 Å². The summed E-state index contributed by atoms with van der Waals surface area (Å²) >= 11 is 0. The van der Waals surface area contributed by atoms with Crippen LogP contribution in [0.15, 0.2) is 170 Å². The molecule has 0 atom stereocenters. The van der Waals surface area contributed by atoms with Crippen LogP contribution in [-0.4, -0.2) is 39.7 Å². The van der Waals surface area contributed by atoms with Crippen LogP contribution in [0.4, 0.5) is 11.4 Å². The number of hydrogen-bond acceptors (Lipinski definition) is 5. The van der Waals surface area contributed by atoms with E-state index in [0.29, 0.717) is 29.0 Å². The Hall–Kier alpha value is -7.80. The van der Waals surface area contributed by atoms with E-state index in [1.807, 2.05) is 131 Å². The Balaban J connectivity index is 1.17. The van der Waals surface area contributed by atoms with E-state index in [9.17, 15) is 0 Å². The molecule has 1 aliphatic heterocycles. The Kier molecular flexibility index (Phi) is 8.59. The van der Waals surface area contributed by atoms with Gasteiger partial charge in [0.05, 0.1) is 22.7 Å². The lowest BCUT2D eigenvalue weighted by molar-refractivity contribution is -0.387. The largest absolute Gasteiger partial charge is 0.501 e. The molecule has 276 valence electrons. The van der Waals surface area contributed by atoms with Crippen LogP contribution < -0.4 is 4.74 Å². The maximum absolute atomic E-state index is 6.98. The fraction of sp³-hybridized carbons (Fsp3) is 0.0600. The average Bonchev–Trinajstić information content (AvgIpc) is 3.90. The number of nitrogens with zero attached hydrogens (tertiary/aromatic N) is 7. The van der Waals surface area contributed by atoms with Gasteiger partial charge in [-0.3, -0.25) is 4.57 Å². The lowest BCUT2D eigenvalue weighted by Crippen LogP contribution is -2.02. The minimum atomic E-state index is 0.499. The molecule has 0 fully saturated rings. The number of para-hydroxylation sites is 1. The predicted octanol–water partition coefficient (Wildman–Crippen LogP) is 11.7. The highest BCUT2D eigenvalue weighted by molar-refractivity contribution is 6.11. The number of benzene rings is 6. The minimum Gasteiger partial charge on any atom is -0.456 e. The van der Waals surface area contributed by atoms with Gasteiger partial charge in [0, 0.05) is 52.4 Å². The fourth-order valence-corrected chi connectivity index (χ4v) is 7.50. The van der Waals surface area contributed by atoms with Crippen molar-refractivity contribution in [1.82, 2.24) is 24.5 Å². The molecule has 0 saturated heterocycles. The molecule has 0 amide bonds. The predicted molar refractivity (Wildman–Crippen MR) is 229 cm³/mol. The summed E-state index contributed by atoms with van der Waals surface area (Å²) in [6.45, 7) is 6.45. The van der Waals surface area contributed by atoms with Gasteiger partial charge in [-0.05, 0) is 67.8 Å². The van der Waals surface area contributed by atoms with Crippen LogP contribution in [0.1, 0.15) is 16.7 Å². The molecule has 58 heavy (non-hydrogen) atoms. The highest BCUT2D eigenvalue weighted by Crippen LogP contribution is 2.42. The first-order valence-electron chi connectivity index (χ1n) is 19.2. The van der Waals surface area contributed by atoms with E-state index in [1.54, 1.807) is 0 Å². The summed E-state index contributed by atoms with van der Waals surface area (Å²) < 4.78 is 13.2. The van der Waals surface area contributed by atoms with Gasteiger partial charge in [0.2, 0.25) is 11.4 Å². The first-order chi connectivity index (χ1) is 28.5. The van der Waals surface area contributed by atoms with E-state index < -0.39 is 0 Å². The maximum atomic E-state index is 6.98. The number of pyridine rings is 1. The third kappa shape index (κ3) is 6.33. The monoisotopic (exact) mass is 751 g/mol. The topological polar surface area (TPSA) is 71.7 Å². The Morgan fingerprint density at radius 3 is 1.86 bits per heavy atom. The van der Waals surface area contributed by atoms with Crippen molar-refractivity contribution >= 4 is 39.2 Å². The number of fused-ring (bicyclic) bond motifs is 3. The molecule has 8 heteroatoms. The Morgan fingerprint density at radius 1 is 0.534 bits per heavy atom. The molecule has 4 heterocycles. The maximum Gasteiger partial charge on any atom is 0.501 e. The normalized spacial score (nSPS) is 12.3. The first-order valence-corrected chi connectivity index (χ1v) is 19.2. The number of hydrogen-bond donors (Lipinski definition) is 0. The second-order valence-corrected chi connectivity index (χ2v) is 14.4. The van der Waals surface area contributed by atoms with E-state index in [2.05, 4.69) is 79.9 Å². The third-order valence-electron chi connectivity index (χ3n) is 10.7. The quantitative estimate of drug-likeness (QED) is 0.145. The second kappa shape index (κ2) is 14.4. The molecule has 0 unspecified atom stereocenters. The zero-order valence-electron chi connectivity index (χ0n) is 32.2. The molecule has 9 aromatic rings. The Bertz CT molecular complexity index is 3070. The average molecular weight is 752 g/mol. The number of aromatic nitrogens is 5. The zero-order valence-corrected chi connectivity index (χ0v) is 32.2. The Labute approximate surface area is 335 Å². The first kappa shape index (κ1) is 34.7. The second-order valence-electron chi connectivity index (χ2n) is 14.4. The molecule has 0 saturated carbocycles. The summed E-state index contributed by atoms with van der Waals surface area (Å²) in [6, 6.07) is 54.5. The van der Waals surface area contributed by atoms with Gasteiger partial charge < -0.3 is 4.74 Å². The van der Waals surface area contributed by atoms with Crippen molar-refractivity contribution in [1.29, 1.82) is 0 Å². The van der Waals surface area contributed by atoms with E-state index in [0.717, 1.165) is 55.7 Å². The van der Waals surface area contributed by atoms with Crippen molar-refractivity contribution < 1.29 is 13.9 Å². The lowest BCUT2D eigenvalue weighted by atomic mass is 10.0. The molecular formula is C50H37N7O+2. The standard InChI is InChI=1S/C50H37N7O/c1-33-27-39(28-34(2)35(33)3)56-26-25-55(32-56)38-19-14-20-40(29-38)58-46-31-45-42(41-21-10-11-22-44(41)57(45)47-23-12-13-24-51-47)30-43(46)50-53-48(36-15-6-4-7-16-36)52-49(54-50)37-17-8-5-9-18-37/h4-31H,1-3H3/q+2. The van der Waals surface area contributed by atoms with Gasteiger partial charge in [-0.1, -0.05) is 100 Å². The molecule has 8 nitrogen and oxygen atoms in total. The molecule has 6 aromatic carbocycles. The van der Waals surface area contributed by atoms with Crippen molar-refractivity contribution in [2.45, 2.75) is 20.8 Å². The molecule has 10 rings (SSSR count). The molecule has 0 spiro atoms. The highest BCUT2D eigenvalue weighted by Gasteiger charge is 2.25. The van der Waals surface area contributed by atoms with Gasteiger partial charge in [0.25, 0.3) is 12.4 Å². The molecular weight excluding hydrogens is 715 g/mol. The summed E-state index contributed by atoms with van der Waals surface area (Å²) in [6.07, 6.45) is 5.85. The van der Waals surface area contributed by atoms with Crippen LogP contribution in [0.25, 0.3) is 61.8 Å². The summed E-state index contributed by atoms with van der Waals surface area (Å²) in [4.78, 5) is 20.0. The van der Waals surface area contributed by atoms with Gasteiger partial charge >= 0.3 is 6.01 Å². The minimum absolute atomic E-state index is 0.499. The van der Waals surface area contributed by atoms with E-state index in [1.165, 1.54) is 16.7 Å². The number of ether oxygens (including phenoxy) is 1. The molecule has 0 radical (unpaired) electrons. The molecule has 0 aliphatic carbocycles. The van der Waals surface area contributed by atoms with Crippen LogP contribution in [-0.2, 0) is 0 Å². The van der Waals surface area contributed by atoms with Gasteiger partial charge in [-0.2, -0.15) is 0 Å². The number of aryl methyl sites for hydroxylation is 2. The zero-order chi connectivity index (χ0) is 39.2. The third-order valence-corrected chi connectivity index (χ3v) is 10.7. The van der Waals surface area contributed by atoms with Gasteiger partial charge in [-0.15, -0.1) is 0 Å². The van der Waals surface area contributed by atoms with E-state index >= 15 is 0 Å². The van der Waals surface area contributed by atoms with Crippen molar-refractivity contribution in [2.75, 3.05) is 0 Å². The van der Waals surface area contributed by atoms with Gasteiger partial charge in [-0.25, -0.2) is 19.9 Å². The van der Waals surface area contributed by atoms with Crippen molar-refractivity contribution in [3.8, 4) is 51.5 Å². The number of rotatable bonds is 8. The Morgan fingerprint density at radius 2 is 1.17 bits per heavy atom. The summed E-state index contributed by atoms with van der Waals surface area (Å²) in [5, 5.41) is 2.10. The summed E-state index contributed by atoms with van der Waals surface area (Å²) in [5.41, 5.74) is 10.3.